The first-order chi connectivity index (χ1) is 8.72. The lowest BCUT2D eigenvalue weighted by molar-refractivity contribution is 0.401. The molecule has 0 atom stereocenters. The maximum absolute atomic E-state index is 5.23. The van der Waals surface area contributed by atoms with Gasteiger partial charge in [0.05, 0.1) is 12.6 Å². The van der Waals surface area contributed by atoms with Crippen LogP contribution in [-0.4, -0.2) is 31.1 Å². The van der Waals surface area contributed by atoms with E-state index in [2.05, 4.69) is 58.2 Å². The molecule has 0 spiro atoms. The number of nitrogens with zero attached hydrogens (tertiary/aromatic N) is 1. The van der Waals surface area contributed by atoms with E-state index in [-0.39, 0.29) is 0 Å². The minimum atomic E-state index is 0.911. The zero-order valence-corrected chi connectivity index (χ0v) is 12.4. The van der Waals surface area contributed by atoms with Gasteiger partial charge >= 0.3 is 0 Å². The van der Waals surface area contributed by atoms with E-state index in [1.165, 1.54) is 16.3 Å². The second kappa shape index (κ2) is 6.21. The van der Waals surface area contributed by atoms with Crippen molar-refractivity contribution in [2.45, 2.75) is 6.42 Å². The minimum absolute atomic E-state index is 0.911. The van der Waals surface area contributed by atoms with Crippen LogP contribution in [0.5, 0.6) is 5.75 Å². The molecule has 0 aliphatic heterocycles. The lowest BCUT2D eigenvalue weighted by atomic mass is 10.0. The normalized spacial score (nSPS) is 11.1. The molecule has 2 aromatic rings. The average molecular weight is 308 g/mol. The van der Waals surface area contributed by atoms with Gasteiger partial charge in [-0.15, -0.1) is 0 Å². The van der Waals surface area contributed by atoms with Crippen LogP contribution >= 0.6 is 15.9 Å². The molecule has 3 heteroatoms. The molecule has 0 bridgehead atoms. The highest BCUT2D eigenvalue weighted by molar-refractivity contribution is 9.09. The van der Waals surface area contributed by atoms with Gasteiger partial charge in [0.1, 0.15) is 5.75 Å². The topological polar surface area (TPSA) is 12.5 Å². The summed E-state index contributed by atoms with van der Waals surface area (Å²) in [6, 6.07) is 12.8. The van der Waals surface area contributed by atoms with Gasteiger partial charge in [-0.05, 0) is 41.9 Å². The van der Waals surface area contributed by atoms with Gasteiger partial charge in [-0.1, -0.05) is 40.2 Å². The van der Waals surface area contributed by atoms with E-state index >= 15 is 0 Å². The van der Waals surface area contributed by atoms with Crippen molar-refractivity contribution in [2.24, 2.45) is 0 Å². The van der Waals surface area contributed by atoms with Gasteiger partial charge in [0.2, 0.25) is 0 Å². The van der Waals surface area contributed by atoms with Crippen LogP contribution in [-0.2, 0) is 6.42 Å². The Balaban J connectivity index is 2.17. The molecule has 0 fully saturated rings. The number of methoxy groups -OCH3 is 1. The van der Waals surface area contributed by atoms with Crippen LogP contribution in [0.4, 0.5) is 0 Å². The van der Waals surface area contributed by atoms with Crippen molar-refractivity contribution < 1.29 is 4.74 Å². The number of halogens is 1. The molecule has 0 radical (unpaired) electrons. The minimum Gasteiger partial charge on any atom is -0.497 e. The third-order valence-corrected chi connectivity index (χ3v) is 3.95. The lowest BCUT2D eigenvalue weighted by Crippen LogP contribution is -2.18. The molecular formula is C15H18BrNO. The first-order valence-electron chi connectivity index (χ1n) is 6.04. The number of ether oxygens (including phenoxy) is 1. The van der Waals surface area contributed by atoms with Crippen LogP contribution in [0.3, 0.4) is 0 Å². The van der Waals surface area contributed by atoms with Gasteiger partial charge in [0.25, 0.3) is 0 Å². The summed E-state index contributed by atoms with van der Waals surface area (Å²) in [7, 11) is 3.81. The quantitative estimate of drug-likeness (QED) is 0.617. The first kappa shape index (κ1) is 13.4. The van der Waals surface area contributed by atoms with E-state index in [4.69, 9.17) is 4.74 Å². The van der Waals surface area contributed by atoms with Crippen LogP contribution in [0.2, 0.25) is 0 Å². The van der Waals surface area contributed by atoms with Gasteiger partial charge in [0.15, 0.2) is 0 Å². The zero-order valence-electron chi connectivity index (χ0n) is 10.8. The molecule has 2 nitrogen and oxygen atoms in total. The van der Waals surface area contributed by atoms with Crippen molar-refractivity contribution in [3.05, 3.63) is 42.0 Å². The molecule has 0 saturated heterocycles. The molecule has 96 valence electrons. The van der Waals surface area contributed by atoms with Gasteiger partial charge in [-0.25, -0.2) is 0 Å². The molecule has 0 aliphatic carbocycles. The number of alkyl halides is 1. The van der Waals surface area contributed by atoms with Crippen molar-refractivity contribution in [1.82, 2.24) is 4.90 Å². The van der Waals surface area contributed by atoms with Crippen LogP contribution in [0.1, 0.15) is 5.56 Å². The van der Waals surface area contributed by atoms with Crippen molar-refractivity contribution in [3.8, 4) is 5.75 Å². The summed E-state index contributed by atoms with van der Waals surface area (Å²) >= 11 is 3.46. The van der Waals surface area contributed by atoms with Crippen LogP contribution in [0.15, 0.2) is 36.4 Å². The van der Waals surface area contributed by atoms with Crippen LogP contribution in [0.25, 0.3) is 10.8 Å². The predicted molar refractivity (Wildman–Crippen MR) is 80.6 cm³/mol. The number of hydrogen-bond donors (Lipinski definition) is 0. The summed E-state index contributed by atoms with van der Waals surface area (Å²) in [6.07, 6.45) is 1.07. The highest BCUT2D eigenvalue weighted by Crippen LogP contribution is 2.22. The summed E-state index contributed by atoms with van der Waals surface area (Å²) < 4.78 is 5.23. The van der Waals surface area contributed by atoms with Crippen molar-refractivity contribution in [3.63, 3.8) is 0 Å². The van der Waals surface area contributed by atoms with Crippen LogP contribution < -0.4 is 4.74 Å². The molecule has 18 heavy (non-hydrogen) atoms. The van der Waals surface area contributed by atoms with Gasteiger partial charge in [-0.3, -0.25) is 4.90 Å². The monoisotopic (exact) mass is 307 g/mol. The van der Waals surface area contributed by atoms with E-state index in [9.17, 15) is 0 Å². The lowest BCUT2D eigenvalue weighted by Gasteiger charge is -2.12. The van der Waals surface area contributed by atoms with E-state index in [0.717, 1.165) is 24.2 Å². The molecule has 0 unspecified atom stereocenters. The van der Waals surface area contributed by atoms with E-state index < -0.39 is 0 Å². The summed E-state index contributed by atoms with van der Waals surface area (Å²) in [5.41, 5.74) is 2.29. The van der Waals surface area contributed by atoms with Gasteiger partial charge in [0, 0.05) is 6.54 Å². The maximum Gasteiger partial charge on any atom is 0.119 e. The molecule has 0 aromatic heterocycles. The SMILES string of the molecule is COc1ccc2cc(CCN(C)CBr)ccc2c1. The van der Waals surface area contributed by atoms with Crippen LogP contribution in [0, 0.1) is 0 Å². The molecule has 2 rings (SSSR count). The summed E-state index contributed by atoms with van der Waals surface area (Å²) in [6.45, 7) is 1.06. The zero-order chi connectivity index (χ0) is 13.0. The van der Waals surface area contributed by atoms with E-state index in [0.29, 0.717) is 0 Å². The third kappa shape index (κ3) is 3.24. The highest BCUT2D eigenvalue weighted by atomic mass is 79.9. The fourth-order valence-electron chi connectivity index (χ4n) is 1.94. The second-order valence-electron chi connectivity index (χ2n) is 4.50. The Kier molecular flexibility index (Phi) is 4.61. The summed E-state index contributed by atoms with van der Waals surface area (Å²) in [5, 5.41) is 2.50. The second-order valence-corrected chi connectivity index (χ2v) is 5.00. The number of fused-ring (bicyclic) bond motifs is 1. The van der Waals surface area contributed by atoms with Crippen molar-refractivity contribution >= 4 is 26.7 Å². The fraction of sp³-hybridized carbons (Fsp3) is 0.333. The predicted octanol–water partition coefficient (Wildman–Crippen LogP) is 3.68. The van der Waals surface area contributed by atoms with Crippen molar-refractivity contribution in [2.75, 3.05) is 26.2 Å². The Morgan fingerprint density at radius 3 is 2.56 bits per heavy atom. The molecule has 0 N–H and O–H groups in total. The molecule has 2 aromatic carbocycles. The average Bonchev–Trinajstić information content (AvgIpc) is 2.43. The summed E-state index contributed by atoms with van der Waals surface area (Å²) in [5.74, 6) is 0.911. The number of likely N-dealkylation sites (N-methyl/N-ethyl adjacent to an activating group) is 1. The Morgan fingerprint density at radius 1 is 1.11 bits per heavy atom. The van der Waals surface area contributed by atoms with Gasteiger partial charge in [-0.2, -0.15) is 0 Å². The van der Waals surface area contributed by atoms with Gasteiger partial charge < -0.3 is 4.74 Å². The first-order valence-corrected chi connectivity index (χ1v) is 7.16. The molecular weight excluding hydrogens is 290 g/mol. The Hall–Kier alpha value is -1.06. The highest BCUT2D eigenvalue weighted by Gasteiger charge is 2.01. The Morgan fingerprint density at radius 2 is 1.83 bits per heavy atom. The molecule has 0 amide bonds. The van der Waals surface area contributed by atoms with Crippen molar-refractivity contribution in [1.29, 1.82) is 0 Å². The largest absolute Gasteiger partial charge is 0.497 e. The third-order valence-electron chi connectivity index (χ3n) is 3.10. The number of rotatable bonds is 5. The number of benzene rings is 2. The fourth-order valence-corrected chi connectivity index (χ4v) is 2.19. The summed E-state index contributed by atoms with van der Waals surface area (Å²) in [4.78, 5) is 2.25. The molecule has 0 heterocycles. The smallest absolute Gasteiger partial charge is 0.119 e. The van der Waals surface area contributed by atoms with E-state index in [1.807, 2.05) is 6.07 Å². The standard InChI is InChI=1S/C15H18BrNO/c1-17(11-16)8-7-12-3-4-14-10-15(18-2)6-5-13(14)9-12/h3-6,9-10H,7-8,11H2,1-2H3. The molecule has 0 aliphatic rings. The number of hydrogen-bond acceptors (Lipinski definition) is 2. The Bertz CT molecular complexity index is 527. The maximum atomic E-state index is 5.23. The Labute approximate surface area is 117 Å². The van der Waals surface area contributed by atoms with E-state index in [1.54, 1.807) is 7.11 Å². The molecule has 0 saturated carbocycles.